The number of benzene rings is 11. The minimum Gasteiger partial charge on any atom is -0.398 e. The van der Waals surface area contributed by atoms with Crippen LogP contribution in [0.1, 0.15) is 22.3 Å². The largest absolute Gasteiger partial charge is 0.398 e. The number of hydrogen-bond acceptors (Lipinski definition) is 1. The van der Waals surface area contributed by atoms with Gasteiger partial charge in [-0.15, -0.1) is 0 Å². The minimum atomic E-state index is 0.853. The summed E-state index contributed by atoms with van der Waals surface area (Å²) in [4.78, 5) is 0. The summed E-state index contributed by atoms with van der Waals surface area (Å²) in [7, 11) is 0. The molecule has 1 heteroatoms. The molecule has 0 spiro atoms. The van der Waals surface area contributed by atoms with Crippen LogP contribution in [0.5, 0.6) is 0 Å². The number of fused-ring (bicyclic) bond motifs is 8. The van der Waals surface area contributed by atoms with E-state index in [0.29, 0.717) is 0 Å². The van der Waals surface area contributed by atoms with Gasteiger partial charge in [0.2, 0.25) is 0 Å². The lowest BCUT2D eigenvalue weighted by Gasteiger charge is -2.15. The fourth-order valence-corrected chi connectivity index (χ4v) is 10.6. The molecule has 0 atom stereocenters. The zero-order valence-electron chi connectivity index (χ0n) is 31.2. The van der Waals surface area contributed by atoms with Gasteiger partial charge in [0.05, 0.1) is 0 Å². The van der Waals surface area contributed by atoms with Crippen molar-refractivity contribution >= 4 is 59.5 Å². The number of hydrogen-bond donors (Lipinski definition) is 1. The third kappa shape index (κ3) is 4.40. The predicted molar refractivity (Wildman–Crippen MR) is 242 cm³/mol. The maximum Gasteiger partial charge on any atom is 0.0473 e. The molecule has 0 aliphatic heterocycles. The molecule has 0 radical (unpaired) electrons. The normalized spacial score (nSPS) is 12.8. The molecule has 0 heterocycles. The molecule has 1 nitrogen and oxygen atoms in total. The molecule has 2 aliphatic carbocycles. The summed E-state index contributed by atoms with van der Waals surface area (Å²) in [5.74, 6) is 0. The highest BCUT2D eigenvalue weighted by Crippen LogP contribution is 2.47. The summed E-state index contributed by atoms with van der Waals surface area (Å²) in [6.45, 7) is 0. The van der Waals surface area contributed by atoms with Gasteiger partial charge in [-0.1, -0.05) is 176 Å². The Morgan fingerprint density at radius 3 is 1.30 bits per heavy atom. The molecular weight excluding hydrogens is 687 g/mol. The van der Waals surface area contributed by atoms with E-state index in [4.69, 9.17) is 5.73 Å². The van der Waals surface area contributed by atoms with Gasteiger partial charge in [0.1, 0.15) is 0 Å². The number of nitrogens with two attached hydrogens (primary N) is 1. The number of nitrogen functional groups attached to an aromatic ring is 1. The van der Waals surface area contributed by atoms with Gasteiger partial charge in [0.15, 0.2) is 0 Å². The lowest BCUT2D eigenvalue weighted by Crippen LogP contribution is -1.93. The third-order valence-corrected chi connectivity index (χ3v) is 13.2. The van der Waals surface area contributed by atoms with Crippen molar-refractivity contribution in [1.29, 1.82) is 0 Å². The van der Waals surface area contributed by atoms with E-state index in [-0.39, 0.29) is 0 Å². The molecule has 11 aromatic rings. The molecule has 57 heavy (non-hydrogen) atoms. The van der Waals surface area contributed by atoms with Crippen LogP contribution in [0.4, 0.5) is 5.69 Å². The van der Waals surface area contributed by atoms with Gasteiger partial charge in [0.25, 0.3) is 0 Å². The molecule has 13 rings (SSSR count). The molecule has 11 aromatic carbocycles. The first-order valence-electron chi connectivity index (χ1n) is 20.0. The van der Waals surface area contributed by atoms with E-state index < -0.39 is 0 Å². The highest BCUT2D eigenvalue weighted by atomic mass is 14.6. The van der Waals surface area contributed by atoms with Gasteiger partial charge in [-0.3, -0.25) is 0 Å². The van der Waals surface area contributed by atoms with Gasteiger partial charge in [-0.25, -0.2) is 0 Å². The Morgan fingerprint density at radius 1 is 0.298 bits per heavy atom. The van der Waals surface area contributed by atoms with E-state index in [1.165, 1.54) is 121 Å². The van der Waals surface area contributed by atoms with Crippen molar-refractivity contribution in [3.63, 3.8) is 0 Å². The summed E-state index contributed by atoms with van der Waals surface area (Å²) in [6, 6.07) is 65.9. The van der Waals surface area contributed by atoms with Crippen LogP contribution < -0.4 is 5.73 Å². The molecule has 0 aromatic heterocycles. The van der Waals surface area contributed by atoms with Gasteiger partial charge in [-0.05, 0) is 134 Å². The van der Waals surface area contributed by atoms with E-state index in [0.717, 1.165) is 29.3 Å². The van der Waals surface area contributed by atoms with Gasteiger partial charge in [0, 0.05) is 16.5 Å². The zero-order valence-corrected chi connectivity index (χ0v) is 31.2. The second-order valence-corrected chi connectivity index (χ2v) is 16.2. The monoisotopic (exact) mass is 721 g/mol. The molecule has 0 saturated heterocycles. The van der Waals surface area contributed by atoms with Gasteiger partial charge in [-0.2, -0.15) is 0 Å². The van der Waals surface area contributed by atoms with Crippen LogP contribution in [0.15, 0.2) is 176 Å². The highest BCUT2D eigenvalue weighted by molar-refractivity contribution is 6.25. The molecule has 0 amide bonds. The fraction of sp³-hybridized carbons (Fsp3) is 0.0357. The molecular formula is C56H35N. The average Bonchev–Trinajstić information content (AvgIpc) is 3.82. The fourth-order valence-electron chi connectivity index (χ4n) is 10.6. The first-order valence-corrected chi connectivity index (χ1v) is 20.0. The molecule has 0 bridgehead atoms. The van der Waals surface area contributed by atoms with Crippen LogP contribution in [-0.2, 0) is 12.8 Å². The maximum absolute atomic E-state index is 6.73. The standard InChI is InChI=1S/C56H35N/c57-56-51-10-3-1-8-48(51)54(49-9-2-4-11-52(49)56)38-19-24-47-42(29-38)31-40-27-36(17-22-45(40)47)35-16-21-44-39(26-35)30-41-28-37(18-23-46(41)44)43-20-14-34-13-12-32-6-5-7-33-15-25-50(43)55(34)53(32)33/h1-29H,30-31,57H2. The van der Waals surface area contributed by atoms with Crippen molar-refractivity contribution in [2.24, 2.45) is 0 Å². The van der Waals surface area contributed by atoms with Crippen LogP contribution in [0, 0.1) is 0 Å². The third-order valence-electron chi connectivity index (χ3n) is 13.2. The second-order valence-electron chi connectivity index (χ2n) is 16.2. The number of rotatable bonds is 3. The summed E-state index contributed by atoms with van der Waals surface area (Å²) in [6.07, 6.45) is 1.88. The lowest BCUT2D eigenvalue weighted by molar-refractivity contribution is 1.26. The first kappa shape index (κ1) is 31.0. The summed E-state index contributed by atoms with van der Waals surface area (Å²) in [5.41, 5.74) is 26.3. The van der Waals surface area contributed by atoms with Crippen molar-refractivity contribution in [1.82, 2.24) is 0 Å². The average molecular weight is 722 g/mol. The Labute approximate surface area is 330 Å². The quantitative estimate of drug-likeness (QED) is 0.110. The van der Waals surface area contributed by atoms with E-state index in [9.17, 15) is 0 Å². The smallest absolute Gasteiger partial charge is 0.0473 e. The van der Waals surface area contributed by atoms with Crippen molar-refractivity contribution in [2.45, 2.75) is 12.8 Å². The van der Waals surface area contributed by atoms with Crippen LogP contribution >= 0.6 is 0 Å². The minimum absolute atomic E-state index is 0.853. The van der Waals surface area contributed by atoms with Crippen molar-refractivity contribution in [3.05, 3.63) is 198 Å². The van der Waals surface area contributed by atoms with Crippen LogP contribution in [0.2, 0.25) is 0 Å². The Bertz CT molecular complexity index is 3460. The summed E-state index contributed by atoms with van der Waals surface area (Å²) >= 11 is 0. The molecule has 264 valence electrons. The molecule has 0 saturated carbocycles. The van der Waals surface area contributed by atoms with Crippen molar-refractivity contribution in [2.75, 3.05) is 5.73 Å². The SMILES string of the molecule is Nc1c2ccccc2c(-c2ccc3c(c2)Cc2cc(-c4ccc5c(c4)Cc4cc(-c6ccc7ccc8cccc9ccc6c7c89)ccc4-5)ccc2-3)c2ccccc12. The van der Waals surface area contributed by atoms with Crippen LogP contribution in [-0.4, -0.2) is 0 Å². The van der Waals surface area contributed by atoms with E-state index in [1.54, 1.807) is 0 Å². The predicted octanol–water partition coefficient (Wildman–Crippen LogP) is 14.6. The summed E-state index contributed by atoms with van der Waals surface area (Å²) in [5, 5.41) is 12.6. The Kier molecular flexibility index (Phi) is 6.21. The van der Waals surface area contributed by atoms with Crippen molar-refractivity contribution < 1.29 is 0 Å². The van der Waals surface area contributed by atoms with Gasteiger partial charge >= 0.3 is 0 Å². The molecule has 0 fully saturated rings. The van der Waals surface area contributed by atoms with Crippen LogP contribution in [0.3, 0.4) is 0 Å². The number of anilines is 1. The topological polar surface area (TPSA) is 26.0 Å². The Morgan fingerprint density at radius 2 is 0.719 bits per heavy atom. The lowest BCUT2D eigenvalue weighted by atomic mass is 9.89. The molecule has 2 N–H and O–H groups in total. The Hall–Kier alpha value is -7.22. The van der Waals surface area contributed by atoms with E-state index in [2.05, 4.69) is 176 Å². The highest BCUT2D eigenvalue weighted by Gasteiger charge is 2.24. The maximum atomic E-state index is 6.73. The van der Waals surface area contributed by atoms with Crippen molar-refractivity contribution in [3.8, 4) is 55.6 Å². The van der Waals surface area contributed by atoms with E-state index in [1.807, 2.05) is 0 Å². The van der Waals surface area contributed by atoms with E-state index >= 15 is 0 Å². The first-order chi connectivity index (χ1) is 28.1. The Balaban J connectivity index is 0.828. The van der Waals surface area contributed by atoms with Gasteiger partial charge < -0.3 is 5.73 Å². The summed E-state index contributed by atoms with van der Waals surface area (Å²) < 4.78 is 0. The second kappa shape index (κ2) is 11.4. The molecule has 0 unspecified atom stereocenters. The zero-order chi connectivity index (χ0) is 37.4. The van der Waals surface area contributed by atoms with Crippen LogP contribution in [0.25, 0.3) is 109 Å². The molecule has 2 aliphatic rings.